The summed E-state index contributed by atoms with van der Waals surface area (Å²) in [5.74, 6) is 0.917. The number of ether oxygens (including phenoxy) is 1. The van der Waals surface area contributed by atoms with E-state index in [-0.39, 0.29) is 5.71 Å². The molecule has 0 amide bonds. The highest BCUT2D eigenvalue weighted by molar-refractivity contribution is 7.97. The Hall–Kier alpha value is -2.48. The van der Waals surface area contributed by atoms with Gasteiger partial charge in [0.15, 0.2) is 0 Å². The maximum Gasteiger partial charge on any atom is 0.124 e. The molecule has 3 rings (SSSR count). The number of nitrogens with two attached hydrogens (primary N) is 2. The summed E-state index contributed by atoms with van der Waals surface area (Å²) in [6, 6.07) is 8.47. The number of nitrogens with zero attached hydrogens (tertiary/aromatic N) is 2. The minimum atomic E-state index is -0.420. The van der Waals surface area contributed by atoms with Crippen molar-refractivity contribution in [3.05, 3.63) is 75.7 Å². The number of nitrogens with one attached hydrogen (secondary N) is 1. The van der Waals surface area contributed by atoms with Gasteiger partial charge in [0, 0.05) is 41.0 Å². The fourth-order valence-corrected chi connectivity index (χ4v) is 3.28. The number of hydrogen-bond donors (Lipinski definition) is 3. The molecule has 0 aliphatic heterocycles. The molecule has 0 fully saturated rings. The predicted molar refractivity (Wildman–Crippen MR) is 128 cm³/mol. The topological polar surface area (TPSA) is 111 Å². The first-order chi connectivity index (χ1) is 14.3. The standard InChI is InChI=1S/C19H17Cl2N5O.C2H6S/c1-10(18-14(20)8-25-9-15(18)21)27-12-3-4-16(22)13(6-12)19(24)11-2-5-17(23)26-7-11;1-3-2/h2-10,24H,22H2,1H3,(H2,23,26);1-2H3/t10-;/m1./s1. The predicted octanol–water partition coefficient (Wildman–Crippen LogP) is 5.48. The lowest BCUT2D eigenvalue weighted by Gasteiger charge is -2.18. The van der Waals surface area contributed by atoms with Crippen LogP contribution in [-0.2, 0) is 0 Å². The van der Waals surface area contributed by atoms with Crippen molar-refractivity contribution >= 4 is 52.2 Å². The summed E-state index contributed by atoms with van der Waals surface area (Å²) < 4.78 is 5.98. The maximum atomic E-state index is 8.43. The first-order valence-corrected chi connectivity index (χ1v) is 11.2. The lowest BCUT2D eigenvalue weighted by molar-refractivity contribution is 0.227. The molecule has 2 aromatic heterocycles. The van der Waals surface area contributed by atoms with Crippen molar-refractivity contribution in [3.63, 3.8) is 0 Å². The summed E-state index contributed by atoms with van der Waals surface area (Å²) >= 11 is 14.1. The van der Waals surface area contributed by atoms with Gasteiger partial charge in [-0.15, -0.1) is 0 Å². The zero-order valence-corrected chi connectivity index (χ0v) is 19.1. The first-order valence-electron chi connectivity index (χ1n) is 8.84. The second-order valence-electron chi connectivity index (χ2n) is 6.28. The fourth-order valence-electron chi connectivity index (χ4n) is 2.61. The Labute approximate surface area is 190 Å². The molecule has 0 spiro atoms. The fraction of sp³-hybridized carbons (Fsp3) is 0.190. The first kappa shape index (κ1) is 23.8. The Bertz CT molecular complexity index is 995. The number of anilines is 2. The van der Waals surface area contributed by atoms with Crippen LogP contribution in [0.3, 0.4) is 0 Å². The number of aromatic nitrogens is 2. The number of nitrogen functional groups attached to an aromatic ring is 2. The van der Waals surface area contributed by atoms with Crippen LogP contribution < -0.4 is 16.2 Å². The molecule has 0 radical (unpaired) electrons. The summed E-state index contributed by atoms with van der Waals surface area (Å²) in [7, 11) is 0. The highest BCUT2D eigenvalue weighted by atomic mass is 35.5. The van der Waals surface area contributed by atoms with Crippen LogP contribution in [0.5, 0.6) is 5.75 Å². The summed E-state index contributed by atoms with van der Waals surface area (Å²) in [6.07, 6.45) is 8.22. The molecule has 2 heterocycles. The molecule has 0 saturated heterocycles. The SMILES string of the molecule is CSC.C[C@@H](Oc1ccc(N)c(C(=N)c2ccc(N)nc2)c1)c1c(Cl)cncc1Cl. The molecule has 6 nitrogen and oxygen atoms in total. The smallest absolute Gasteiger partial charge is 0.124 e. The third-order valence-electron chi connectivity index (χ3n) is 3.98. The van der Waals surface area contributed by atoms with E-state index in [0.717, 1.165) is 0 Å². The van der Waals surface area contributed by atoms with E-state index in [4.69, 9.17) is 44.8 Å². The Kier molecular flexibility index (Phi) is 8.77. The Morgan fingerprint density at radius 1 is 1.07 bits per heavy atom. The van der Waals surface area contributed by atoms with E-state index < -0.39 is 6.10 Å². The highest BCUT2D eigenvalue weighted by Gasteiger charge is 2.17. The van der Waals surface area contributed by atoms with Crippen LogP contribution >= 0.6 is 35.0 Å². The van der Waals surface area contributed by atoms with Crippen LogP contribution in [0, 0.1) is 5.41 Å². The van der Waals surface area contributed by atoms with E-state index in [1.54, 1.807) is 42.1 Å². The van der Waals surface area contributed by atoms with Crippen LogP contribution in [0.2, 0.25) is 10.0 Å². The number of rotatable bonds is 5. The Balaban J connectivity index is 0.00000101. The van der Waals surface area contributed by atoms with Gasteiger partial charge in [0.05, 0.1) is 15.8 Å². The lowest BCUT2D eigenvalue weighted by Crippen LogP contribution is -2.09. The second kappa shape index (κ2) is 11.1. The summed E-state index contributed by atoms with van der Waals surface area (Å²) in [5.41, 5.74) is 14.1. The minimum absolute atomic E-state index is 0.220. The molecular formula is C21H23Cl2N5OS. The van der Waals surface area contributed by atoms with E-state index in [2.05, 4.69) is 9.97 Å². The average molecular weight is 464 g/mol. The molecule has 1 atom stereocenters. The van der Waals surface area contributed by atoms with Crippen molar-refractivity contribution < 1.29 is 4.74 Å². The van der Waals surface area contributed by atoms with Crippen molar-refractivity contribution in [2.24, 2.45) is 0 Å². The van der Waals surface area contributed by atoms with Gasteiger partial charge in [0.1, 0.15) is 17.7 Å². The number of hydrogen-bond acceptors (Lipinski definition) is 7. The van der Waals surface area contributed by atoms with Crippen LogP contribution in [0.25, 0.3) is 0 Å². The van der Waals surface area contributed by atoms with Gasteiger partial charge >= 0.3 is 0 Å². The number of halogens is 2. The van der Waals surface area contributed by atoms with Crippen LogP contribution in [0.4, 0.5) is 11.5 Å². The van der Waals surface area contributed by atoms with Gasteiger partial charge in [-0.3, -0.25) is 10.4 Å². The van der Waals surface area contributed by atoms with Gasteiger partial charge in [-0.1, -0.05) is 23.2 Å². The number of benzene rings is 1. The Morgan fingerprint density at radius 3 is 2.27 bits per heavy atom. The van der Waals surface area contributed by atoms with Crippen molar-refractivity contribution in [3.8, 4) is 5.75 Å². The van der Waals surface area contributed by atoms with Crippen molar-refractivity contribution in [1.29, 1.82) is 5.41 Å². The molecule has 3 aromatic rings. The molecule has 0 bridgehead atoms. The van der Waals surface area contributed by atoms with Crippen LogP contribution in [0.15, 0.2) is 48.9 Å². The van der Waals surface area contributed by atoms with Crippen LogP contribution in [-0.4, -0.2) is 28.2 Å². The lowest BCUT2D eigenvalue weighted by atomic mass is 10.0. The number of thioether (sulfide) groups is 1. The van der Waals surface area contributed by atoms with E-state index >= 15 is 0 Å². The monoisotopic (exact) mass is 463 g/mol. The molecule has 0 saturated carbocycles. The van der Waals surface area contributed by atoms with Gasteiger partial charge in [-0.2, -0.15) is 11.8 Å². The molecule has 30 heavy (non-hydrogen) atoms. The second-order valence-corrected chi connectivity index (χ2v) is 7.91. The normalized spacial score (nSPS) is 11.2. The molecule has 158 valence electrons. The van der Waals surface area contributed by atoms with E-state index in [1.807, 2.05) is 19.4 Å². The van der Waals surface area contributed by atoms with Crippen molar-refractivity contribution in [2.75, 3.05) is 24.0 Å². The van der Waals surface area contributed by atoms with E-state index in [9.17, 15) is 0 Å². The van der Waals surface area contributed by atoms with Gasteiger partial charge in [0.2, 0.25) is 0 Å². The molecule has 9 heteroatoms. The molecule has 5 N–H and O–H groups in total. The zero-order valence-electron chi connectivity index (χ0n) is 16.8. The van der Waals surface area contributed by atoms with E-state index in [0.29, 0.717) is 44.0 Å². The minimum Gasteiger partial charge on any atom is -0.486 e. The summed E-state index contributed by atoms with van der Waals surface area (Å²) in [6.45, 7) is 1.83. The average Bonchev–Trinajstić information content (AvgIpc) is 2.70. The molecule has 0 aliphatic carbocycles. The summed E-state index contributed by atoms with van der Waals surface area (Å²) in [4.78, 5) is 7.96. The summed E-state index contributed by atoms with van der Waals surface area (Å²) in [5, 5.41) is 9.27. The van der Waals surface area contributed by atoms with Crippen molar-refractivity contribution in [1.82, 2.24) is 9.97 Å². The van der Waals surface area contributed by atoms with Gasteiger partial charge in [0.25, 0.3) is 0 Å². The van der Waals surface area contributed by atoms with Crippen molar-refractivity contribution in [2.45, 2.75) is 13.0 Å². The highest BCUT2D eigenvalue weighted by Crippen LogP contribution is 2.33. The van der Waals surface area contributed by atoms with Gasteiger partial charge < -0.3 is 16.2 Å². The molecule has 1 aromatic carbocycles. The van der Waals surface area contributed by atoms with Gasteiger partial charge in [-0.05, 0) is 49.8 Å². The third-order valence-corrected chi connectivity index (χ3v) is 4.58. The van der Waals surface area contributed by atoms with Gasteiger partial charge in [-0.25, -0.2) is 4.98 Å². The van der Waals surface area contributed by atoms with E-state index in [1.165, 1.54) is 18.6 Å². The molecular weight excluding hydrogens is 441 g/mol. The Morgan fingerprint density at radius 2 is 1.70 bits per heavy atom. The van der Waals surface area contributed by atoms with Crippen LogP contribution in [0.1, 0.15) is 29.7 Å². The molecule has 0 aliphatic rings. The third kappa shape index (κ3) is 6.01. The zero-order chi connectivity index (χ0) is 22.3. The largest absolute Gasteiger partial charge is 0.486 e. The maximum absolute atomic E-state index is 8.43. The number of pyridine rings is 2. The molecule has 0 unspecified atom stereocenters. The quantitative estimate of drug-likeness (QED) is 0.341.